The Kier molecular flexibility index (Phi) is 4.48. The number of rotatable bonds is 4. The fourth-order valence-corrected chi connectivity index (χ4v) is 3.15. The quantitative estimate of drug-likeness (QED) is 0.938. The van der Waals surface area contributed by atoms with E-state index in [1.54, 1.807) is 18.0 Å². The summed E-state index contributed by atoms with van der Waals surface area (Å²) < 4.78 is 3.10. The lowest BCUT2D eigenvalue weighted by atomic mass is 10.1. The Bertz CT molecular complexity index is 537. The molecule has 1 unspecified atom stereocenters. The first-order valence-corrected chi connectivity index (χ1v) is 7.36. The van der Waals surface area contributed by atoms with Crippen molar-refractivity contribution in [2.45, 2.75) is 29.4 Å². The van der Waals surface area contributed by atoms with E-state index in [0.717, 1.165) is 20.9 Å². The molecule has 96 valence electrons. The van der Waals surface area contributed by atoms with Crippen LogP contribution in [0.5, 0.6) is 0 Å². The number of hydrogen-bond donors (Lipinski definition) is 1. The standard InChI is InChI=1S/C13H16BrN3S/c1-9(15)7-10-3-4-12(11(14)8-10)18-13-16-5-6-17(13)2/h3-6,8-9H,7,15H2,1-2H3. The maximum atomic E-state index is 5.81. The van der Waals surface area contributed by atoms with Crippen molar-refractivity contribution in [1.29, 1.82) is 0 Å². The molecule has 0 spiro atoms. The van der Waals surface area contributed by atoms with Gasteiger partial charge in [-0.15, -0.1) is 0 Å². The normalized spacial score (nSPS) is 12.7. The summed E-state index contributed by atoms with van der Waals surface area (Å²) in [4.78, 5) is 5.47. The van der Waals surface area contributed by atoms with Gasteiger partial charge in [-0.2, -0.15) is 0 Å². The van der Waals surface area contributed by atoms with E-state index in [4.69, 9.17) is 5.73 Å². The molecule has 3 nitrogen and oxygen atoms in total. The molecule has 1 aromatic carbocycles. The monoisotopic (exact) mass is 325 g/mol. The molecule has 1 heterocycles. The lowest BCUT2D eigenvalue weighted by Crippen LogP contribution is -2.17. The fourth-order valence-electron chi connectivity index (χ4n) is 1.67. The minimum atomic E-state index is 0.185. The van der Waals surface area contributed by atoms with Crippen LogP contribution in [0.2, 0.25) is 0 Å². The third-order valence-electron chi connectivity index (χ3n) is 2.53. The maximum absolute atomic E-state index is 5.81. The highest BCUT2D eigenvalue weighted by Gasteiger charge is 2.07. The molecule has 1 aromatic heterocycles. The van der Waals surface area contributed by atoms with Crippen LogP contribution in [0.15, 0.2) is 45.1 Å². The second kappa shape index (κ2) is 5.91. The Labute approximate surface area is 120 Å². The minimum Gasteiger partial charge on any atom is -0.329 e. The van der Waals surface area contributed by atoms with E-state index >= 15 is 0 Å². The van der Waals surface area contributed by atoms with E-state index in [0.29, 0.717) is 0 Å². The summed E-state index contributed by atoms with van der Waals surface area (Å²) in [6, 6.07) is 6.56. The molecule has 2 aromatic rings. The van der Waals surface area contributed by atoms with Crippen LogP contribution in [0, 0.1) is 0 Å². The van der Waals surface area contributed by atoms with E-state index in [2.05, 4.69) is 39.1 Å². The molecular formula is C13H16BrN3S. The van der Waals surface area contributed by atoms with Crippen molar-refractivity contribution in [3.05, 3.63) is 40.6 Å². The van der Waals surface area contributed by atoms with Crippen molar-refractivity contribution >= 4 is 27.7 Å². The highest BCUT2D eigenvalue weighted by atomic mass is 79.9. The molecule has 1 atom stereocenters. The van der Waals surface area contributed by atoms with Gasteiger partial charge >= 0.3 is 0 Å². The summed E-state index contributed by atoms with van der Waals surface area (Å²) in [6.45, 7) is 2.02. The van der Waals surface area contributed by atoms with Gasteiger partial charge in [-0.1, -0.05) is 17.8 Å². The molecule has 18 heavy (non-hydrogen) atoms. The zero-order chi connectivity index (χ0) is 13.1. The van der Waals surface area contributed by atoms with Gasteiger partial charge in [-0.3, -0.25) is 0 Å². The third kappa shape index (κ3) is 3.37. The summed E-state index contributed by atoms with van der Waals surface area (Å²) in [6.07, 6.45) is 4.65. The highest BCUT2D eigenvalue weighted by molar-refractivity contribution is 9.10. The number of imidazole rings is 1. The van der Waals surface area contributed by atoms with Crippen LogP contribution in [0.4, 0.5) is 0 Å². The number of nitrogens with two attached hydrogens (primary N) is 1. The van der Waals surface area contributed by atoms with Crippen molar-refractivity contribution in [3.8, 4) is 0 Å². The molecule has 2 N–H and O–H groups in total. The molecule has 5 heteroatoms. The van der Waals surface area contributed by atoms with Gasteiger partial charge in [0.1, 0.15) is 0 Å². The van der Waals surface area contributed by atoms with Crippen LogP contribution >= 0.6 is 27.7 Å². The van der Waals surface area contributed by atoms with Gasteiger partial charge in [-0.05, 0) is 47.0 Å². The molecule has 2 rings (SSSR count). The van der Waals surface area contributed by atoms with Crippen LogP contribution in [-0.2, 0) is 13.5 Å². The average Bonchev–Trinajstić information content (AvgIpc) is 2.67. The molecule has 0 aliphatic rings. The molecule has 0 bridgehead atoms. The molecule has 0 saturated carbocycles. The van der Waals surface area contributed by atoms with Gasteiger partial charge in [0.15, 0.2) is 5.16 Å². The van der Waals surface area contributed by atoms with Crippen molar-refractivity contribution in [2.24, 2.45) is 12.8 Å². The molecule has 0 amide bonds. The van der Waals surface area contributed by atoms with Crippen LogP contribution in [0.1, 0.15) is 12.5 Å². The summed E-state index contributed by atoms with van der Waals surface area (Å²) in [7, 11) is 1.99. The largest absolute Gasteiger partial charge is 0.329 e. The third-order valence-corrected chi connectivity index (χ3v) is 4.60. The first-order valence-electron chi connectivity index (χ1n) is 5.75. The SMILES string of the molecule is CC(N)Cc1ccc(Sc2nccn2C)c(Br)c1. The predicted octanol–water partition coefficient (Wildman–Crippen LogP) is 3.22. The van der Waals surface area contributed by atoms with Gasteiger partial charge in [0.25, 0.3) is 0 Å². The van der Waals surface area contributed by atoms with Gasteiger partial charge in [0.2, 0.25) is 0 Å². The highest BCUT2D eigenvalue weighted by Crippen LogP contribution is 2.33. The number of aryl methyl sites for hydroxylation is 1. The Morgan fingerprint density at radius 3 is 2.83 bits per heavy atom. The van der Waals surface area contributed by atoms with Crippen molar-refractivity contribution in [2.75, 3.05) is 0 Å². The van der Waals surface area contributed by atoms with E-state index in [9.17, 15) is 0 Å². The van der Waals surface area contributed by atoms with Gasteiger partial charge < -0.3 is 10.3 Å². The molecular weight excluding hydrogens is 310 g/mol. The zero-order valence-electron chi connectivity index (χ0n) is 10.4. The van der Waals surface area contributed by atoms with E-state index < -0.39 is 0 Å². The summed E-state index contributed by atoms with van der Waals surface area (Å²) in [5, 5.41) is 0.982. The van der Waals surface area contributed by atoms with Crippen LogP contribution < -0.4 is 5.73 Å². The second-order valence-electron chi connectivity index (χ2n) is 4.37. The van der Waals surface area contributed by atoms with Crippen LogP contribution in [-0.4, -0.2) is 15.6 Å². The molecule has 0 fully saturated rings. The molecule has 0 aliphatic heterocycles. The Balaban J connectivity index is 2.17. The van der Waals surface area contributed by atoms with Crippen molar-refractivity contribution < 1.29 is 0 Å². The number of nitrogens with zero attached hydrogens (tertiary/aromatic N) is 2. The van der Waals surface area contributed by atoms with Crippen LogP contribution in [0.3, 0.4) is 0 Å². The van der Waals surface area contributed by atoms with E-state index in [1.807, 2.05) is 24.7 Å². The van der Waals surface area contributed by atoms with Gasteiger partial charge in [0, 0.05) is 34.9 Å². The van der Waals surface area contributed by atoms with Gasteiger partial charge in [0.05, 0.1) is 0 Å². The van der Waals surface area contributed by atoms with Crippen molar-refractivity contribution in [3.63, 3.8) is 0 Å². The Morgan fingerprint density at radius 2 is 2.28 bits per heavy atom. The second-order valence-corrected chi connectivity index (χ2v) is 6.23. The van der Waals surface area contributed by atoms with E-state index in [1.165, 1.54) is 5.56 Å². The number of hydrogen-bond acceptors (Lipinski definition) is 3. The Morgan fingerprint density at radius 1 is 1.50 bits per heavy atom. The Hall–Kier alpha value is -0.780. The van der Waals surface area contributed by atoms with Crippen LogP contribution in [0.25, 0.3) is 0 Å². The summed E-state index contributed by atoms with van der Waals surface area (Å²) in [5.74, 6) is 0. The van der Waals surface area contributed by atoms with E-state index in [-0.39, 0.29) is 6.04 Å². The number of aromatic nitrogens is 2. The lowest BCUT2D eigenvalue weighted by Gasteiger charge is -2.09. The lowest BCUT2D eigenvalue weighted by molar-refractivity contribution is 0.737. The minimum absolute atomic E-state index is 0.185. The van der Waals surface area contributed by atoms with Crippen molar-refractivity contribution in [1.82, 2.24) is 9.55 Å². The number of benzene rings is 1. The first kappa shape index (κ1) is 13.6. The fraction of sp³-hybridized carbons (Fsp3) is 0.308. The smallest absolute Gasteiger partial charge is 0.172 e. The number of halogens is 1. The molecule has 0 saturated heterocycles. The average molecular weight is 326 g/mol. The van der Waals surface area contributed by atoms with Gasteiger partial charge in [-0.25, -0.2) is 4.98 Å². The topological polar surface area (TPSA) is 43.8 Å². The molecule has 0 aliphatic carbocycles. The molecule has 0 radical (unpaired) electrons. The first-order chi connectivity index (χ1) is 8.56. The predicted molar refractivity (Wildman–Crippen MR) is 78.8 cm³/mol. The summed E-state index contributed by atoms with van der Waals surface area (Å²) >= 11 is 5.26. The zero-order valence-corrected chi connectivity index (χ0v) is 12.8. The summed E-state index contributed by atoms with van der Waals surface area (Å²) in [5.41, 5.74) is 7.06. The maximum Gasteiger partial charge on any atom is 0.172 e.